The second kappa shape index (κ2) is 12.6. The van der Waals surface area contributed by atoms with E-state index in [0.717, 1.165) is 31.9 Å². The van der Waals surface area contributed by atoms with Gasteiger partial charge in [-0.3, -0.25) is 9.79 Å². The number of carboxylic acid groups (broad SMARTS) is 1. The van der Waals surface area contributed by atoms with E-state index < -0.39 is 22.8 Å². The van der Waals surface area contributed by atoms with Gasteiger partial charge in [-0.25, -0.2) is 14.2 Å². The standard InChI is InChI=1S/C27H34FN7O5/c1-39-18-6-5-16(22(11-18)40-2)13-35-15-20(26(37)38)23(36)19-12-21(28)25(33-24(19)35)34-10-7-17(14-34)31-8-3-4-9-32-27(29)30/h5-6,11-12,15,17,31H,3-4,7-10,13-14H2,1-2H3,(H,37,38)(H4,29,30,32). The molecule has 3 heterocycles. The number of ether oxygens (including phenoxy) is 2. The van der Waals surface area contributed by atoms with Crippen LogP contribution in [0.5, 0.6) is 11.5 Å². The van der Waals surface area contributed by atoms with Crippen molar-refractivity contribution in [3.63, 3.8) is 0 Å². The molecule has 1 unspecified atom stereocenters. The number of guanidine groups is 1. The molecule has 13 heteroatoms. The summed E-state index contributed by atoms with van der Waals surface area (Å²) in [6.07, 6.45) is 3.77. The predicted octanol–water partition coefficient (Wildman–Crippen LogP) is 1.52. The number of anilines is 1. The number of nitrogens with zero attached hydrogens (tertiary/aromatic N) is 4. The van der Waals surface area contributed by atoms with Gasteiger partial charge in [-0.15, -0.1) is 0 Å². The first-order chi connectivity index (χ1) is 19.2. The van der Waals surface area contributed by atoms with Gasteiger partial charge in [0.15, 0.2) is 17.6 Å². The Hall–Kier alpha value is -4.39. The molecule has 2 aromatic heterocycles. The van der Waals surface area contributed by atoms with Crippen LogP contribution in [0.25, 0.3) is 11.0 Å². The molecule has 1 aliphatic heterocycles. The van der Waals surface area contributed by atoms with Crippen molar-refractivity contribution < 1.29 is 23.8 Å². The molecular weight excluding hydrogens is 521 g/mol. The summed E-state index contributed by atoms with van der Waals surface area (Å²) in [6, 6.07) is 6.45. The van der Waals surface area contributed by atoms with Crippen LogP contribution in [0.2, 0.25) is 0 Å². The van der Waals surface area contributed by atoms with Gasteiger partial charge in [0.1, 0.15) is 22.7 Å². The van der Waals surface area contributed by atoms with Gasteiger partial charge in [0.25, 0.3) is 0 Å². The molecule has 0 aliphatic carbocycles. The van der Waals surface area contributed by atoms with E-state index in [4.69, 9.17) is 20.9 Å². The summed E-state index contributed by atoms with van der Waals surface area (Å²) in [6.45, 7) is 2.58. The first kappa shape index (κ1) is 28.6. The van der Waals surface area contributed by atoms with Crippen LogP contribution in [0.1, 0.15) is 35.2 Å². The molecule has 0 amide bonds. The number of aliphatic imine (C=N–C) groups is 1. The second-order valence-corrected chi connectivity index (χ2v) is 9.55. The average molecular weight is 556 g/mol. The lowest BCUT2D eigenvalue weighted by atomic mass is 10.1. The lowest BCUT2D eigenvalue weighted by Gasteiger charge is -2.21. The maximum absolute atomic E-state index is 15.3. The summed E-state index contributed by atoms with van der Waals surface area (Å²) >= 11 is 0. The Morgan fingerprint density at radius 1 is 1.25 bits per heavy atom. The van der Waals surface area contributed by atoms with Crippen molar-refractivity contribution in [1.82, 2.24) is 14.9 Å². The van der Waals surface area contributed by atoms with Crippen molar-refractivity contribution in [3.05, 3.63) is 57.6 Å². The summed E-state index contributed by atoms with van der Waals surface area (Å²) < 4.78 is 27.6. The zero-order valence-corrected chi connectivity index (χ0v) is 22.5. The molecule has 0 spiro atoms. The molecule has 4 rings (SSSR count). The van der Waals surface area contributed by atoms with E-state index in [1.54, 1.807) is 18.2 Å². The molecule has 1 saturated heterocycles. The number of hydrogen-bond donors (Lipinski definition) is 4. The van der Waals surface area contributed by atoms with E-state index in [9.17, 15) is 14.7 Å². The number of hydrogen-bond acceptors (Lipinski definition) is 8. The first-order valence-corrected chi connectivity index (χ1v) is 12.9. The lowest BCUT2D eigenvalue weighted by molar-refractivity contribution is 0.0695. The predicted molar refractivity (Wildman–Crippen MR) is 150 cm³/mol. The topological polar surface area (TPSA) is 170 Å². The Bertz CT molecular complexity index is 1470. The minimum atomic E-state index is -1.40. The molecule has 1 atom stereocenters. The number of nitrogens with two attached hydrogens (primary N) is 2. The molecule has 0 saturated carbocycles. The number of carboxylic acids is 1. The van der Waals surface area contributed by atoms with E-state index in [-0.39, 0.29) is 35.4 Å². The summed E-state index contributed by atoms with van der Waals surface area (Å²) in [4.78, 5) is 35.2. The number of aromatic nitrogens is 2. The lowest BCUT2D eigenvalue weighted by Crippen LogP contribution is -2.34. The van der Waals surface area contributed by atoms with Crippen molar-refractivity contribution >= 4 is 28.8 Å². The van der Waals surface area contributed by atoms with E-state index >= 15 is 4.39 Å². The summed E-state index contributed by atoms with van der Waals surface area (Å²) in [7, 11) is 3.05. The highest BCUT2D eigenvalue weighted by atomic mass is 19.1. The smallest absolute Gasteiger partial charge is 0.341 e. The number of pyridine rings is 2. The van der Waals surface area contributed by atoms with Crippen molar-refractivity contribution in [1.29, 1.82) is 0 Å². The molecule has 12 nitrogen and oxygen atoms in total. The quantitative estimate of drug-likeness (QED) is 0.146. The van der Waals surface area contributed by atoms with Crippen LogP contribution < -0.4 is 36.6 Å². The van der Waals surface area contributed by atoms with Gasteiger partial charge in [-0.2, -0.15) is 0 Å². The molecule has 1 aliphatic rings. The summed E-state index contributed by atoms with van der Waals surface area (Å²) in [5, 5.41) is 13.0. The van der Waals surface area contributed by atoms with Crippen LogP contribution in [-0.4, -0.2) is 73.0 Å². The minimum Gasteiger partial charge on any atom is -0.497 e. The Morgan fingerprint density at radius 2 is 2.05 bits per heavy atom. The SMILES string of the molecule is COc1ccc(Cn2cc(C(=O)O)c(=O)c3cc(F)c(N4CCC(NCCCCN=C(N)N)C4)nc32)c(OC)c1. The zero-order chi connectivity index (χ0) is 28.8. The number of nitrogens with one attached hydrogen (secondary N) is 1. The molecule has 40 heavy (non-hydrogen) atoms. The van der Waals surface area contributed by atoms with Gasteiger partial charge in [-0.05, 0) is 44.0 Å². The van der Waals surface area contributed by atoms with Crippen LogP contribution in [0, 0.1) is 5.82 Å². The number of carbonyl (C=O) groups is 1. The van der Waals surface area contributed by atoms with Crippen molar-refractivity contribution in [2.45, 2.75) is 31.8 Å². The maximum Gasteiger partial charge on any atom is 0.341 e. The Balaban J connectivity index is 1.61. The average Bonchev–Trinajstić information content (AvgIpc) is 3.40. The van der Waals surface area contributed by atoms with Crippen LogP contribution in [0.15, 0.2) is 40.2 Å². The molecule has 0 radical (unpaired) electrons. The normalized spacial score (nSPS) is 14.9. The molecule has 214 valence electrons. The highest BCUT2D eigenvalue weighted by Crippen LogP contribution is 2.28. The van der Waals surface area contributed by atoms with Crippen molar-refractivity contribution in [2.75, 3.05) is 45.3 Å². The van der Waals surface area contributed by atoms with E-state index in [1.807, 2.05) is 4.90 Å². The van der Waals surface area contributed by atoms with Crippen LogP contribution in [0.4, 0.5) is 10.2 Å². The number of methoxy groups -OCH3 is 2. The van der Waals surface area contributed by atoms with Gasteiger partial charge in [0, 0.05) is 43.5 Å². The highest BCUT2D eigenvalue weighted by molar-refractivity contribution is 5.92. The third-order valence-electron chi connectivity index (χ3n) is 6.85. The molecule has 3 aromatic rings. The number of benzene rings is 1. The fraction of sp³-hybridized carbons (Fsp3) is 0.407. The van der Waals surface area contributed by atoms with Gasteiger partial charge in [0.2, 0.25) is 5.43 Å². The molecule has 1 fully saturated rings. The van der Waals surface area contributed by atoms with Crippen molar-refractivity contribution in [2.24, 2.45) is 16.5 Å². The molecular formula is C27H34FN7O5. The van der Waals surface area contributed by atoms with Crippen LogP contribution in [-0.2, 0) is 6.54 Å². The number of fused-ring (bicyclic) bond motifs is 1. The Kier molecular flexibility index (Phi) is 9.04. The van der Waals surface area contributed by atoms with Gasteiger partial charge in [0.05, 0.1) is 26.2 Å². The second-order valence-electron chi connectivity index (χ2n) is 9.55. The highest BCUT2D eigenvalue weighted by Gasteiger charge is 2.27. The molecule has 6 N–H and O–H groups in total. The van der Waals surface area contributed by atoms with Crippen molar-refractivity contribution in [3.8, 4) is 11.5 Å². The first-order valence-electron chi connectivity index (χ1n) is 12.9. The van der Waals surface area contributed by atoms with E-state index in [1.165, 1.54) is 25.0 Å². The number of aromatic carboxylic acids is 1. The molecule has 0 bridgehead atoms. The fourth-order valence-corrected chi connectivity index (χ4v) is 4.81. The van der Waals surface area contributed by atoms with Crippen LogP contribution >= 0.6 is 0 Å². The number of rotatable bonds is 12. The van der Waals surface area contributed by atoms with E-state index in [0.29, 0.717) is 36.7 Å². The minimum absolute atomic E-state index is 0.0806. The Morgan fingerprint density at radius 3 is 2.75 bits per heavy atom. The Labute approximate surface area is 230 Å². The third-order valence-corrected chi connectivity index (χ3v) is 6.85. The number of unbranched alkanes of at least 4 members (excludes halogenated alkanes) is 1. The molecule has 1 aromatic carbocycles. The van der Waals surface area contributed by atoms with E-state index in [2.05, 4.69) is 15.3 Å². The van der Waals surface area contributed by atoms with Gasteiger partial charge >= 0.3 is 5.97 Å². The van der Waals surface area contributed by atoms with Gasteiger partial charge in [-0.1, -0.05) is 0 Å². The fourth-order valence-electron chi connectivity index (χ4n) is 4.81. The third kappa shape index (κ3) is 6.42. The zero-order valence-electron chi connectivity index (χ0n) is 22.5. The summed E-state index contributed by atoms with van der Waals surface area (Å²) in [5.41, 5.74) is 10.3. The summed E-state index contributed by atoms with van der Waals surface area (Å²) in [5.74, 6) is -0.793. The van der Waals surface area contributed by atoms with Gasteiger partial charge < -0.3 is 40.8 Å². The monoisotopic (exact) mass is 555 g/mol. The number of halogens is 1. The maximum atomic E-state index is 15.3. The van der Waals surface area contributed by atoms with Crippen LogP contribution in [0.3, 0.4) is 0 Å². The largest absolute Gasteiger partial charge is 0.497 e.